The highest BCUT2D eigenvalue weighted by atomic mass is 16.4. The first-order valence-corrected chi connectivity index (χ1v) is 10.7. The first kappa shape index (κ1) is 17.7. The minimum absolute atomic E-state index is 0.309. The summed E-state index contributed by atoms with van der Waals surface area (Å²) >= 11 is 0. The third kappa shape index (κ3) is 2.91. The second-order valence-corrected chi connectivity index (χ2v) is 8.51. The third-order valence-corrected chi connectivity index (χ3v) is 6.55. The fraction of sp³-hybridized carbons (Fsp3) is 0.333. The van der Waals surface area contributed by atoms with Crippen molar-refractivity contribution < 1.29 is 4.42 Å². The maximum atomic E-state index is 12.8. The second kappa shape index (κ2) is 6.71. The molecule has 0 aliphatic carbocycles. The van der Waals surface area contributed by atoms with Crippen molar-refractivity contribution in [2.24, 2.45) is 0 Å². The fourth-order valence-corrected chi connectivity index (χ4v) is 5.00. The quantitative estimate of drug-likeness (QED) is 0.480. The minimum Gasteiger partial charge on any atom is -0.422 e. The summed E-state index contributed by atoms with van der Waals surface area (Å²) in [5, 5.41) is 0.940. The second-order valence-electron chi connectivity index (χ2n) is 8.51. The van der Waals surface area contributed by atoms with Crippen LogP contribution < -0.4 is 10.5 Å². The van der Waals surface area contributed by atoms with Gasteiger partial charge in [0.25, 0.3) is 0 Å². The molecule has 0 radical (unpaired) electrons. The van der Waals surface area contributed by atoms with E-state index in [9.17, 15) is 4.79 Å². The summed E-state index contributed by atoms with van der Waals surface area (Å²) in [6.45, 7) is 6.38. The molecule has 0 amide bonds. The van der Waals surface area contributed by atoms with E-state index < -0.39 is 0 Å². The number of benzene rings is 1. The Morgan fingerprint density at radius 3 is 2.93 bits per heavy atom. The van der Waals surface area contributed by atoms with Crippen LogP contribution in [0.25, 0.3) is 27.7 Å². The summed E-state index contributed by atoms with van der Waals surface area (Å²) < 4.78 is 7.71. The zero-order valence-corrected chi connectivity index (χ0v) is 17.0. The van der Waals surface area contributed by atoms with Gasteiger partial charge in [-0.1, -0.05) is 0 Å². The highest BCUT2D eigenvalue weighted by Gasteiger charge is 2.30. The van der Waals surface area contributed by atoms with Gasteiger partial charge in [0.05, 0.1) is 11.3 Å². The van der Waals surface area contributed by atoms with Gasteiger partial charge >= 0.3 is 5.63 Å². The fourth-order valence-electron chi connectivity index (χ4n) is 5.00. The predicted octanol–water partition coefficient (Wildman–Crippen LogP) is 3.70. The Labute approximate surface area is 174 Å². The minimum atomic E-state index is -0.309. The Hall–Kier alpha value is -3.12. The molecule has 0 spiro atoms. The van der Waals surface area contributed by atoms with E-state index in [1.807, 2.05) is 48.0 Å². The zero-order valence-electron chi connectivity index (χ0n) is 17.0. The van der Waals surface area contributed by atoms with Gasteiger partial charge in [0.1, 0.15) is 11.2 Å². The predicted molar refractivity (Wildman–Crippen MR) is 118 cm³/mol. The van der Waals surface area contributed by atoms with E-state index in [0.29, 0.717) is 17.2 Å². The number of fused-ring (bicyclic) bond motifs is 3. The first-order valence-electron chi connectivity index (χ1n) is 10.7. The maximum Gasteiger partial charge on any atom is 0.344 e. The molecule has 6 heteroatoms. The van der Waals surface area contributed by atoms with Crippen LogP contribution in [-0.2, 0) is 0 Å². The lowest BCUT2D eigenvalue weighted by Crippen LogP contribution is -2.50. The Bertz CT molecular complexity index is 1320. The number of aromatic nitrogens is 2. The molecule has 1 aromatic carbocycles. The molecule has 3 aromatic heterocycles. The van der Waals surface area contributed by atoms with Gasteiger partial charge in [0.15, 0.2) is 0 Å². The van der Waals surface area contributed by atoms with E-state index in [2.05, 4.69) is 26.9 Å². The number of pyridine rings is 1. The van der Waals surface area contributed by atoms with Gasteiger partial charge in [-0.05, 0) is 56.6 Å². The lowest BCUT2D eigenvalue weighted by atomic mass is 10.1. The maximum absolute atomic E-state index is 12.8. The lowest BCUT2D eigenvalue weighted by Gasteiger charge is -2.38. The molecule has 6 nitrogen and oxygen atoms in total. The van der Waals surface area contributed by atoms with Crippen LogP contribution in [0.3, 0.4) is 0 Å². The van der Waals surface area contributed by atoms with Gasteiger partial charge in [-0.3, -0.25) is 4.90 Å². The summed E-state index contributed by atoms with van der Waals surface area (Å²) in [4.78, 5) is 22.3. The van der Waals surface area contributed by atoms with E-state index >= 15 is 0 Å². The number of hydrogen-bond acceptors (Lipinski definition) is 5. The van der Waals surface area contributed by atoms with Crippen LogP contribution in [0.15, 0.2) is 58.0 Å². The largest absolute Gasteiger partial charge is 0.422 e. The number of rotatable bonds is 2. The van der Waals surface area contributed by atoms with E-state index in [4.69, 9.17) is 4.42 Å². The van der Waals surface area contributed by atoms with Crippen molar-refractivity contribution in [1.29, 1.82) is 0 Å². The van der Waals surface area contributed by atoms with E-state index in [0.717, 1.165) is 47.6 Å². The lowest BCUT2D eigenvalue weighted by molar-refractivity contribution is 0.231. The average molecular weight is 400 g/mol. The molecule has 0 N–H and O–H groups in total. The summed E-state index contributed by atoms with van der Waals surface area (Å²) in [6, 6.07) is 12.7. The number of nitrogens with zero attached hydrogens (tertiary/aromatic N) is 4. The molecule has 2 fully saturated rings. The molecular weight excluding hydrogens is 376 g/mol. The van der Waals surface area contributed by atoms with Crippen molar-refractivity contribution in [2.45, 2.75) is 25.8 Å². The Morgan fingerprint density at radius 1 is 1.07 bits per heavy atom. The van der Waals surface area contributed by atoms with Gasteiger partial charge in [-0.25, -0.2) is 9.78 Å². The smallest absolute Gasteiger partial charge is 0.344 e. The number of aryl methyl sites for hydroxylation is 1. The zero-order chi connectivity index (χ0) is 20.2. The molecule has 1 atom stereocenters. The topological polar surface area (TPSA) is 54.0 Å². The number of piperazine rings is 1. The molecule has 152 valence electrons. The Kier molecular flexibility index (Phi) is 3.96. The third-order valence-electron chi connectivity index (χ3n) is 6.55. The molecule has 0 saturated carbocycles. The van der Waals surface area contributed by atoms with Gasteiger partial charge in [-0.15, -0.1) is 0 Å². The number of anilines is 1. The highest BCUT2D eigenvalue weighted by Crippen LogP contribution is 2.29. The summed E-state index contributed by atoms with van der Waals surface area (Å²) in [5.74, 6) is 0. The van der Waals surface area contributed by atoms with Gasteiger partial charge in [0.2, 0.25) is 0 Å². The molecule has 2 aliphatic rings. The molecule has 6 rings (SSSR count). The summed E-state index contributed by atoms with van der Waals surface area (Å²) in [6.07, 6.45) is 6.47. The first-order chi connectivity index (χ1) is 14.6. The van der Waals surface area contributed by atoms with Crippen LogP contribution >= 0.6 is 0 Å². The van der Waals surface area contributed by atoms with Gasteiger partial charge < -0.3 is 13.7 Å². The van der Waals surface area contributed by atoms with E-state index in [1.54, 1.807) is 0 Å². The Balaban J connectivity index is 1.36. The van der Waals surface area contributed by atoms with Crippen molar-refractivity contribution in [1.82, 2.24) is 14.3 Å². The van der Waals surface area contributed by atoms with Crippen LogP contribution in [0.5, 0.6) is 0 Å². The van der Waals surface area contributed by atoms with Crippen molar-refractivity contribution >= 4 is 22.3 Å². The summed E-state index contributed by atoms with van der Waals surface area (Å²) in [7, 11) is 0. The molecular formula is C24H24N4O2. The van der Waals surface area contributed by atoms with Crippen molar-refractivity contribution in [3.8, 4) is 11.1 Å². The molecule has 2 saturated heterocycles. The van der Waals surface area contributed by atoms with Crippen molar-refractivity contribution in [3.05, 3.63) is 64.9 Å². The van der Waals surface area contributed by atoms with Crippen molar-refractivity contribution in [3.63, 3.8) is 0 Å². The Morgan fingerprint density at radius 2 is 2.00 bits per heavy atom. The molecule has 30 heavy (non-hydrogen) atoms. The number of hydrogen-bond donors (Lipinski definition) is 0. The van der Waals surface area contributed by atoms with Gasteiger partial charge in [0, 0.05) is 60.8 Å². The molecule has 4 aromatic rings. The van der Waals surface area contributed by atoms with E-state index in [-0.39, 0.29) is 5.63 Å². The normalized spacial score (nSPS) is 19.6. The van der Waals surface area contributed by atoms with Crippen LogP contribution in [0.1, 0.15) is 18.5 Å². The molecule has 1 unspecified atom stereocenters. The number of imidazole rings is 1. The molecule has 0 bridgehead atoms. The van der Waals surface area contributed by atoms with Crippen LogP contribution in [0.2, 0.25) is 0 Å². The van der Waals surface area contributed by atoms with Crippen molar-refractivity contribution in [2.75, 3.05) is 31.1 Å². The average Bonchev–Trinajstić information content (AvgIpc) is 3.36. The SMILES string of the molecule is Cc1cn2cc(-c3cc4ccc(N5CCN6CCCC6C5)cc4oc3=O)ccc2n1. The van der Waals surface area contributed by atoms with Gasteiger partial charge in [-0.2, -0.15) is 0 Å². The molecule has 5 heterocycles. The monoisotopic (exact) mass is 400 g/mol. The van der Waals surface area contributed by atoms with Crippen LogP contribution in [0, 0.1) is 6.92 Å². The van der Waals surface area contributed by atoms with E-state index in [1.165, 1.54) is 19.4 Å². The molecule has 2 aliphatic heterocycles. The highest BCUT2D eigenvalue weighted by molar-refractivity contribution is 5.84. The van der Waals surface area contributed by atoms with Crippen LogP contribution in [-0.4, -0.2) is 46.5 Å². The summed E-state index contributed by atoms with van der Waals surface area (Å²) in [5.41, 5.74) is 4.70. The van der Waals surface area contributed by atoms with Crippen LogP contribution in [0.4, 0.5) is 5.69 Å². The standard InChI is InChI=1S/C24H24N4O2/c1-16-13-28-14-18(5-7-23(28)25-16)21-11-17-4-6-19(12-22(17)30-24(21)29)27-10-9-26-8-2-3-20(26)15-27/h4-7,11-14,20H,2-3,8-10,15H2,1H3.